The van der Waals surface area contributed by atoms with Gasteiger partial charge in [0.15, 0.2) is 0 Å². The van der Waals surface area contributed by atoms with Gasteiger partial charge in [0, 0.05) is 12.5 Å². The van der Waals surface area contributed by atoms with Crippen molar-refractivity contribution in [2.24, 2.45) is 11.8 Å². The molecule has 1 heterocycles. The molecular formula is C16H24F3NO2. The van der Waals surface area contributed by atoms with Crippen LogP contribution in [0.25, 0.3) is 0 Å². The molecule has 3 nitrogen and oxygen atoms in total. The lowest BCUT2D eigenvalue weighted by molar-refractivity contribution is -0.189. The Bertz CT molecular complexity index is 411. The number of alkyl halides is 3. The largest absolute Gasteiger partial charge is 0.391 e. The highest BCUT2D eigenvalue weighted by atomic mass is 19.4. The summed E-state index contributed by atoms with van der Waals surface area (Å²) in [5.41, 5.74) is 0. The van der Waals surface area contributed by atoms with E-state index in [9.17, 15) is 18.0 Å². The molecule has 0 aromatic heterocycles. The van der Waals surface area contributed by atoms with Gasteiger partial charge in [-0.15, -0.1) is 0 Å². The molecule has 3 fully saturated rings. The van der Waals surface area contributed by atoms with Crippen LogP contribution >= 0.6 is 0 Å². The fourth-order valence-electron chi connectivity index (χ4n) is 4.32. The van der Waals surface area contributed by atoms with Crippen molar-refractivity contribution in [3.63, 3.8) is 0 Å². The monoisotopic (exact) mass is 319 g/mol. The summed E-state index contributed by atoms with van der Waals surface area (Å²) in [4.78, 5) is 14.6. The normalized spacial score (nSPS) is 36.8. The van der Waals surface area contributed by atoms with E-state index in [1.54, 1.807) is 0 Å². The summed E-state index contributed by atoms with van der Waals surface area (Å²) in [5, 5.41) is 0. The van der Waals surface area contributed by atoms with Crippen LogP contribution in [0, 0.1) is 11.8 Å². The number of nitrogens with zero attached hydrogens (tertiary/aromatic N) is 1. The number of carbonyl (C=O) groups is 1. The van der Waals surface area contributed by atoms with Crippen molar-refractivity contribution in [2.75, 3.05) is 13.2 Å². The van der Waals surface area contributed by atoms with Crippen LogP contribution in [-0.2, 0) is 9.53 Å². The molecule has 0 unspecified atom stereocenters. The molecule has 22 heavy (non-hydrogen) atoms. The van der Waals surface area contributed by atoms with Gasteiger partial charge in [0.2, 0.25) is 5.91 Å². The highest BCUT2D eigenvalue weighted by molar-refractivity contribution is 5.79. The minimum atomic E-state index is -4.17. The van der Waals surface area contributed by atoms with Crippen LogP contribution in [0.1, 0.15) is 51.4 Å². The van der Waals surface area contributed by atoms with E-state index in [1.807, 2.05) is 4.90 Å². The third kappa shape index (κ3) is 3.26. The predicted molar refractivity (Wildman–Crippen MR) is 75.2 cm³/mol. The third-order valence-corrected chi connectivity index (χ3v) is 5.50. The van der Waals surface area contributed by atoms with Gasteiger partial charge < -0.3 is 9.64 Å². The molecule has 1 aliphatic heterocycles. The minimum Gasteiger partial charge on any atom is -0.374 e. The van der Waals surface area contributed by atoms with Gasteiger partial charge in [-0.1, -0.05) is 19.3 Å². The van der Waals surface area contributed by atoms with E-state index in [4.69, 9.17) is 4.74 Å². The van der Waals surface area contributed by atoms with E-state index in [0.717, 1.165) is 25.7 Å². The molecule has 0 aromatic carbocycles. The summed E-state index contributed by atoms with van der Waals surface area (Å²) in [6.07, 6.45) is 1.23. The first-order valence-electron chi connectivity index (χ1n) is 8.45. The van der Waals surface area contributed by atoms with Gasteiger partial charge in [-0.2, -0.15) is 13.2 Å². The summed E-state index contributed by atoms with van der Waals surface area (Å²) in [6, 6.07) is 0.0845. The second kappa shape index (κ2) is 6.38. The average Bonchev–Trinajstić information content (AvgIpc) is 2.53. The van der Waals surface area contributed by atoms with Crippen molar-refractivity contribution in [2.45, 2.75) is 69.7 Å². The summed E-state index contributed by atoms with van der Waals surface area (Å²) in [5.74, 6) is -1.83. The first kappa shape index (κ1) is 16.1. The number of ether oxygens (including phenoxy) is 1. The lowest BCUT2D eigenvalue weighted by Crippen LogP contribution is -2.56. The van der Waals surface area contributed by atoms with Gasteiger partial charge in [0.1, 0.15) is 0 Å². The van der Waals surface area contributed by atoms with Crippen molar-refractivity contribution in [1.82, 2.24) is 4.90 Å². The summed E-state index contributed by atoms with van der Waals surface area (Å²) in [6.45, 7) is 1.05. The Morgan fingerprint density at radius 2 is 1.82 bits per heavy atom. The summed E-state index contributed by atoms with van der Waals surface area (Å²) in [7, 11) is 0. The first-order chi connectivity index (χ1) is 10.5. The Morgan fingerprint density at radius 3 is 2.59 bits per heavy atom. The molecule has 0 radical (unpaired) electrons. The minimum absolute atomic E-state index is 0.0307. The second-order valence-electron chi connectivity index (χ2n) is 6.89. The van der Waals surface area contributed by atoms with Crippen LogP contribution in [-0.4, -0.2) is 42.3 Å². The molecule has 3 rings (SSSR count). The van der Waals surface area contributed by atoms with Gasteiger partial charge in [0.05, 0.1) is 24.7 Å². The van der Waals surface area contributed by atoms with Gasteiger partial charge in [-0.3, -0.25) is 4.79 Å². The second-order valence-corrected chi connectivity index (χ2v) is 6.89. The van der Waals surface area contributed by atoms with Gasteiger partial charge in [-0.05, 0) is 32.1 Å². The fraction of sp³-hybridized carbons (Fsp3) is 0.938. The maximum atomic E-state index is 12.9. The van der Waals surface area contributed by atoms with Crippen molar-refractivity contribution in [3.8, 4) is 0 Å². The lowest BCUT2D eigenvalue weighted by atomic mass is 9.79. The average molecular weight is 319 g/mol. The molecule has 3 aliphatic rings. The molecule has 2 aliphatic carbocycles. The zero-order valence-corrected chi connectivity index (χ0v) is 12.8. The standard InChI is InChI=1S/C16H24F3NO2/c17-16(18,19)12-5-3-4-11(10-12)15(21)20-8-9-22-14-7-2-1-6-13(14)20/h11-14H,1-10H2/t11-,12+,13+,14+/m1/s1. The zero-order chi connectivity index (χ0) is 15.7. The number of halogens is 3. The first-order valence-corrected chi connectivity index (χ1v) is 8.45. The highest BCUT2D eigenvalue weighted by Crippen LogP contribution is 2.41. The van der Waals surface area contributed by atoms with E-state index in [2.05, 4.69) is 0 Å². The Kier molecular flexibility index (Phi) is 4.67. The Labute approximate surface area is 129 Å². The van der Waals surface area contributed by atoms with Gasteiger partial charge in [0.25, 0.3) is 0 Å². The van der Waals surface area contributed by atoms with Crippen LogP contribution < -0.4 is 0 Å². The Morgan fingerprint density at radius 1 is 1.05 bits per heavy atom. The number of amides is 1. The van der Waals surface area contributed by atoms with Crippen LogP contribution in [0.5, 0.6) is 0 Å². The maximum Gasteiger partial charge on any atom is 0.391 e. The predicted octanol–water partition coefficient (Wildman–Crippen LogP) is 3.53. The molecule has 0 bridgehead atoms. The number of carbonyl (C=O) groups excluding carboxylic acids is 1. The van der Waals surface area contributed by atoms with E-state index >= 15 is 0 Å². The summed E-state index contributed by atoms with van der Waals surface area (Å²) >= 11 is 0. The van der Waals surface area contributed by atoms with E-state index in [1.165, 1.54) is 0 Å². The number of hydrogen-bond acceptors (Lipinski definition) is 2. The fourth-order valence-corrected chi connectivity index (χ4v) is 4.32. The number of hydrogen-bond donors (Lipinski definition) is 0. The van der Waals surface area contributed by atoms with Crippen LogP contribution in [0.15, 0.2) is 0 Å². The molecule has 0 spiro atoms. The maximum absolute atomic E-state index is 12.9. The van der Waals surface area contributed by atoms with Crippen molar-refractivity contribution in [1.29, 1.82) is 0 Å². The highest BCUT2D eigenvalue weighted by Gasteiger charge is 2.46. The molecule has 126 valence electrons. The number of fused-ring (bicyclic) bond motifs is 1. The van der Waals surface area contributed by atoms with Crippen LogP contribution in [0.3, 0.4) is 0 Å². The number of morpholine rings is 1. The Hall–Kier alpha value is -0.780. The SMILES string of the molecule is O=C([C@@H]1CCC[C@H](C(F)(F)F)C1)N1CCO[C@H]2CCCC[C@@H]21. The molecule has 6 heteroatoms. The van der Waals surface area contributed by atoms with E-state index < -0.39 is 18.0 Å². The molecule has 2 saturated carbocycles. The van der Waals surface area contributed by atoms with E-state index in [0.29, 0.717) is 26.0 Å². The quantitative estimate of drug-likeness (QED) is 0.740. The summed E-state index contributed by atoms with van der Waals surface area (Å²) < 4.78 is 44.6. The lowest BCUT2D eigenvalue weighted by Gasteiger charge is -2.45. The van der Waals surface area contributed by atoms with Gasteiger partial charge >= 0.3 is 6.18 Å². The third-order valence-electron chi connectivity index (χ3n) is 5.50. The van der Waals surface area contributed by atoms with Crippen molar-refractivity contribution in [3.05, 3.63) is 0 Å². The van der Waals surface area contributed by atoms with Crippen molar-refractivity contribution < 1.29 is 22.7 Å². The molecule has 0 N–H and O–H groups in total. The topological polar surface area (TPSA) is 29.5 Å². The molecule has 1 amide bonds. The van der Waals surface area contributed by atoms with Crippen LogP contribution in [0.2, 0.25) is 0 Å². The van der Waals surface area contributed by atoms with Crippen LogP contribution in [0.4, 0.5) is 13.2 Å². The molecular weight excluding hydrogens is 295 g/mol. The molecule has 4 atom stereocenters. The smallest absolute Gasteiger partial charge is 0.374 e. The van der Waals surface area contributed by atoms with Gasteiger partial charge in [-0.25, -0.2) is 0 Å². The zero-order valence-electron chi connectivity index (χ0n) is 12.8. The molecule has 1 saturated heterocycles. The number of rotatable bonds is 1. The van der Waals surface area contributed by atoms with Crippen molar-refractivity contribution >= 4 is 5.91 Å². The van der Waals surface area contributed by atoms with E-state index in [-0.39, 0.29) is 30.9 Å². The molecule has 0 aromatic rings. The Balaban J connectivity index is 1.67.